The summed E-state index contributed by atoms with van der Waals surface area (Å²) in [4.78, 5) is 25.7. The van der Waals surface area contributed by atoms with Crippen LogP contribution in [0, 0.1) is 11.8 Å². The van der Waals surface area contributed by atoms with Crippen LogP contribution < -0.4 is 0 Å². The number of likely N-dealkylation sites (tertiary alicyclic amines) is 1. The van der Waals surface area contributed by atoms with Gasteiger partial charge in [-0.25, -0.2) is 4.79 Å². The molecule has 4 unspecified atom stereocenters. The maximum atomic E-state index is 12.7. The van der Waals surface area contributed by atoms with Crippen molar-refractivity contribution in [2.45, 2.75) is 38.1 Å². The molecule has 4 atom stereocenters. The Morgan fingerprint density at radius 2 is 2.00 bits per heavy atom. The molecule has 1 aromatic rings. The minimum Gasteiger partial charge on any atom is -0.480 e. The van der Waals surface area contributed by atoms with E-state index in [0.717, 1.165) is 18.4 Å². The van der Waals surface area contributed by atoms with Crippen LogP contribution in [0.1, 0.15) is 37.7 Å². The van der Waals surface area contributed by atoms with Gasteiger partial charge in [0.15, 0.2) is 0 Å². The molecule has 1 aliphatic heterocycles. The lowest BCUT2D eigenvalue weighted by Gasteiger charge is -2.36. The Kier molecular flexibility index (Phi) is 4.13. The van der Waals surface area contributed by atoms with Crippen molar-refractivity contribution >= 4 is 23.5 Å². The number of hydrogen-bond acceptors (Lipinski definition) is 2. The van der Waals surface area contributed by atoms with Crippen molar-refractivity contribution in [2.24, 2.45) is 11.8 Å². The maximum absolute atomic E-state index is 12.7. The standard InChI is InChI=1S/C17H20ClNO3/c1-10-6-7-19(15(8-10)17(21)22)16(20)13-9-12(13)11-4-2-3-5-14(11)18/h2-5,10,12-13,15H,6-9H2,1H3,(H,21,22). The molecular formula is C17H20ClNO3. The van der Waals surface area contributed by atoms with Gasteiger partial charge in [0.2, 0.25) is 5.91 Å². The van der Waals surface area contributed by atoms with Crippen LogP contribution in [-0.2, 0) is 9.59 Å². The molecule has 1 saturated carbocycles. The van der Waals surface area contributed by atoms with Gasteiger partial charge in [-0.15, -0.1) is 0 Å². The number of amides is 1. The summed E-state index contributed by atoms with van der Waals surface area (Å²) in [7, 11) is 0. The largest absolute Gasteiger partial charge is 0.480 e. The first-order chi connectivity index (χ1) is 10.5. The topological polar surface area (TPSA) is 57.6 Å². The van der Waals surface area contributed by atoms with E-state index in [0.29, 0.717) is 23.9 Å². The normalized spacial score (nSPS) is 30.9. The predicted octanol–water partition coefficient (Wildman–Crippen LogP) is 3.16. The maximum Gasteiger partial charge on any atom is 0.326 e. The fourth-order valence-electron chi connectivity index (χ4n) is 3.44. The average molecular weight is 322 g/mol. The minimum absolute atomic E-state index is 0.0239. The summed E-state index contributed by atoms with van der Waals surface area (Å²) in [5.74, 6) is -0.548. The summed E-state index contributed by atoms with van der Waals surface area (Å²) >= 11 is 6.19. The van der Waals surface area contributed by atoms with E-state index in [1.165, 1.54) is 0 Å². The van der Waals surface area contributed by atoms with Crippen molar-refractivity contribution in [1.82, 2.24) is 4.90 Å². The van der Waals surface area contributed by atoms with E-state index in [1.807, 2.05) is 31.2 Å². The second-order valence-corrected chi connectivity index (χ2v) is 6.89. The Bertz CT molecular complexity index is 603. The molecule has 0 aromatic heterocycles. The Labute approximate surface area is 135 Å². The molecule has 2 aliphatic rings. The van der Waals surface area contributed by atoms with Gasteiger partial charge in [-0.3, -0.25) is 4.79 Å². The van der Waals surface area contributed by atoms with E-state index in [1.54, 1.807) is 4.90 Å². The summed E-state index contributed by atoms with van der Waals surface area (Å²) in [6.45, 7) is 2.59. The monoisotopic (exact) mass is 321 g/mol. The molecule has 1 heterocycles. The van der Waals surface area contributed by atoms with Gasteiger partial charge in [0, 0.05) is 17.5 Å². The third-order valence-corrected chi connectivity index (χ3v) is 5.19. The first kappa shape index (κ1) is 15.3. The lowest BCUT2D eigenvalue weighted by Crippen LogP contribution is -2.50. The number of rotatable bonds is 3. The number of benzene rings is 1. The molecule has 0 spiro atoms. The molecular weight excluding hydrogens is 302 g/mol. The van der Waals surface area contributed by atoms with Gasteiger partial charge in [-0.2, -0.15) is 0 Å². The number of carbonyl (C=O) groups is 2. The van der Waals surface area contributed by atoms with E-state index in [2.05, 4.69) is 0 Å². The number of carboxylic acids is 1. The van der Waals surface area contributed by atoms with Crippen molar-refractivity contribution < 1.29 is 14.7 Å². The molecule has 2 fully saturated rings. The van der Waals surface area contributed by atoms with E-state index in [-0.39, 0.29) is 17.7 Å². The molecule has 1 N–H and O–H groups in total. The van der Waals surface area contributed by atoms with Crippen LogP contribution in [-0.4, -0.2) is 34.5 Å². The molecule has 0 bridgehead atoms. The van der Waals surface area contributed by atoms with E-state index in [9.17, 15) is 14.7 Å². The second kappa shape index (κ2) is 5.92. The SMILES string of the molecule is CC1CCN(C(=O)C2CC2c2ccccc2Cl)C(C(=O)O)C1. The number of carboxylic acid groups (broad SMARTS) is 1. The van der Waals surface area contributed by atoms with Gasteiger partial charge in [-0.05, 0) is 42.7 Å². The molecule has 3 rings (SSSR count). The van der Waals surface area contributed by atoms with Crippen LogP contribution in [0.4, 0.5) is 0 Å². The lowest BCUT2D eigenvalue weighted by atomic mass is 9.92. The highest BCUT2D eigenvalue weighted by Crippen LogP contribution is 2.51. The Hall–Kier alpha value is -1.55. The first-order valence-corrected chi connectivity index (χ1v) is 8.14. The van der Waals surface area contributed by atoms with Crippen LogP contribution in [0.25, 0.3) is 0 Å². The average Bonchev–Trinajstić information content (AvgIpc) is 3.27. The Morgan fingerprint density at radius 1 is 1.27 bits per heavy atom. The van der Waals surface area contributed by atoms with Gasteiger partial charge in [-0.1, -0.05) is 36.7 Å². The summed E-state index contributed by atoms with van der Waals surface area (Å²) in [5.41, 5.74) is 1.000. The van der Waals surface area contributed by atoms with Gasteiger partial charge < -0.3 is 10.0 Å². The summed E-state index contributed by atoms with van der Waals surface area (Å²) < 4.78 is 0. The van der Waals surface area contributed by atoms with E-state index in [4.69, 9.17) is 11.6 Å². The van der Waals surface area contributed by atoms with Crippen molar-refractivity contribution in [3.05, 3.63) is 34.9 Å². The molecule has 1 aromatic carbocycles. The molecule has 1 aliphatic carbocycles. The molecule has 22 heavy (non-hydrogen) atoms. The van der Waals surface area contributed by atoms with E-state index < -0.39 is 12.0 Å². The molecule has 1 saturated heterocycles. The zero-order valence-corrected chi connectivity index (χ0v) is 13.3. The smallest absolute Gasteiger partial charge is 0.326 e. The Morgan fingerprint density at radius 3 is 2.68 bits per heavy atom. The van der Waals surface area contributed by atoms with Crippen molar-refractivity contribution in [3.63, 3.8) is 0 Å². The third-order valence-electron chi connectivity index (χ3n) is 4.85. The van der Waals surface area contributed by atoms with Crippen molar-refractivity contribution in [1.29, 1.82) is 0 Å². The summed E-state index contributed by atoms with van der Waals surface area (Å²) in [6, 6.07) is 6.90. The fourth-order valence-corrected chi connectivity index (χ4v) is 3.72. The predicted molar refractivity (Wildman–Crippen MR) is 83.8 cm³/mol. The fraction of sp³-hybridized carbons (Fsp3) is 0.529. The molecule has 118 valence electrons. The van der Waals surface area contributed by atoms with Crippen molar-refractivity contribution in [3.8, 4) is 0 Å². The Balaban J connectivity index is 1.72. The van der Waals surface area contributed by atoms with Gasteiger partial charge in [0.1, 0.15) is 6.04 Å². The molecule has 0 radical (unpaired) electrons. The van der Waals surface area contributed by atoms with Crippen LogP contribution in [0.3, 0.4) is 0 Å². The van der Waals surface area contributed by atoms with Gasteiger partial charge in [0.05, 0.1) is 0 Å². The highest BCUT2D eigenvalue weighted by molar-refractivity contribution is 6.31. The molecule has 1 amide bonds. The van der Waals surface area contributed by atoms with Crippen molar-refractivity contribution in [2.75, 3.05) is 6.54 Å². The minimum atomic E-state index is -0.894. The van der Waals surface area contributed by atoms with Gasteiger partial charge >= 0.3 is 5.97 Å². The number of halogens is 1. The van der Waals surface area contributed by atoms with Crippen LogP contribution in [0.2, 0.25) is 5.02 Å². The van der Waals surface area contributed by atoms with Crippen LogP contribution in [0.15, 0.2) is 24.3 Å². The zero-order valence-electron chi connectivity index (χ0n) is 12.5. The van der Waals surface area contributed by atoms with Gasteiger partial charge in [0.25, 0.3) is 0 Å². The molecule has 5 heteroatoms. The number of piperidine rings is 1. The quantitative estimate of drug-likeness (QED) is 0.930. The lowest BCUT2D eigenvalue weighted by molar-refractivity contribution is -0.153. The molecule has 4 nitrogen and oxygen atoms in total. The number of carbonyl (C=O) groups excluding carboxylic acids is 1. The first-order valence-electron chi connectivity index (χ1n) is 7.76. The van der Waals surface area contributed by atoms with Crippen LogP contribution >= 0.6 is 11.6 Å². The highest BCUT2D eigenvalue weighted by Gasteiger charge is 2.49. The number of nitrogens with zero attached hydrogens (tertiary/aromatic N) is 1. The van der Waals surface area contributed by atoms with E-state index >= 15 is 0 Å². The zero-order chi connectivity index (χ0) is 15.9. The summed E-state index contributed by atoms with van der Waals surface area (Å²) in [6.07, 6.45) is 2.19. The number of aliphatic carboxylic acids is 1. The summed E-state index contributed by atoms with van der Waals surface area (Å²) in [5, 5.41) is 10.1. The third kappa shape index (κ3) is 2.84. The van der Waals surface area contributed by atoms with Crippen LogP contribution in [0.5, 0.6) is 0 Å². The highest BCUT2D eigenvalue weighted by atomic mass is 35.5. The number of hydrogen-bond donors (Lipinski definition) is 1. The second-order valence-electron chi connectivity index (χ2n) is 6.49.